The predicted molar refractivity (Wildman–Crippen MR) is 142 cm³/mol. The highest BCUT2D eigenvalue weighted by Gasteiger charge is 2.29. The number of aliphatic imine (C=N–C) groups is 1. The molecule has 2 heterocycles. The number of likely N-dealkylation sites (tertiary alicyclic amines) is 1. The summed E-state index contributed by atoms with van der Waals surface area (Å²) < 4.78 is 0. The molecule has 2 unspecified atom stereocenters. The van der Waals surface area contributed by atoms with Crippen molar-refractivity contribution in [1.29, 1.82) is 0 Å². The van der Waals surface area contributed by atoms with Crippen molar-refractivity contribution in [3.8, 4) is 0 Å². The molecule has 2 fully saturated rings. The molecular weight excluding hydrogens is 499 g/mol. The Kier molecular flexibility index (Phi) is 12.1. The third kappa shape index (κ3) is 9.24. The van der Waals surface area contributed by atoms with E-state index >= 15 is 0 Å². The minimum Gasteiger partial charge on any atom is -0.357 e. The molecular formula is C24H43IN6. The molecule has 3 rings (SSSR count). The van der Waals surface area contributed by atoms with Crippen molar-refractivity contribution in [2.75, 3.05) is 59.4 Å². The number of hydrogen-bond acceptors (Lipinski definition) is 4. The van der Waals surface area contributed by atoms with E-state index in [-0.39, 0.29) is 24.0 Å². The van der Waals surface area contributed by atoms with Gasteiger partial charge in [-0.2, -0.15) is 0 Å². The summed E-state index contributed by atoms with van der Waals surface area (Å²) in [5.41, 5.74) is 1.39. The lowest BCUT2D eigenvalue weighted by atomic mass is 10.2. The molecule has 2 N–H and O–H groups in total. The van der Waals surface area contributed by atoms with Crippen molar-refractivity contribution in [3.05, 3.63) is 35.9 Å². The summed E-state index contributed by atoms with van der Waals surface area (Å²) in [5, 5.41) is 7.14. The Hall–Kier alpha value is -0.900. The Balaban J connectivity index is 0.00000341. The molecule has 0 aromatic heterocycles. The van der Waals surface area contributed by atoms with Crippen LogP contribution in [0.25, 0.3) is 0 Å². The van der Waals surface area contributed by atoms with Crippen LogP contribution in [0.2, 0.25) is 0 Å². The van der Waals surface area contributed by atoms with Crippen LogP contribution >= 0.6 is 24.0 Å². The SMILES string of the molecule is CCNC(=NCCCN1CCCN(C)CC1)NC1CC(C)N(Cc2ccccc2)C1.I. The molecule has 0 bridgehead atoms. The van der Waals surface area contributed by atoms with Gasteiger partial charge in [-0.05, 0) is 65.4 Å². The van der Waals surface area contributed by atoms with Gasteiger partial charge in [-0.25, -0.2) is 0 Å². The monoisotopic (exact) mass is 542 g/mol. The number of benzene rings is 1. The third-order valence-electron chi connectivity index (χ3n) is 6.33. The van der Waals surface area contributed by atoms with Gasteiger partial charge in [-0.1, -0.05) is 30.3 Å². The van der Waals surface area contributed by atoms with E-state index in [9.17, 15) is 0 Å². The zero-order valence-electron chi connectivity index (χ0n) is 19.7. The number of nitrogens with zero attached hydrogens (tertiary/aromatic N) is 4. The molecule has 31 heavy (non-hydrogen) atoms. The summed E-state index contributed by atoms with van der Waals surface area (Å²) in [5.74, 6) is 0.979. The summed E-state index contributed by atoms with van der Waals surface area (Å²) in [6.07, 6.45) is 3.57. The van der Waals surface area contributed by atoms with Gasteiger partial charge in [-0.3, -0.25) is 9.89 Å². The van der Waals surface area contributed by atoms with Crippen molar-refractivity contribution in [3.63, 3.8) is 0 Å². The lowest BCUT2D eigenvalue weighted by molar-refractivity contribution is 0.258. The molecule has 2 atom stereocenters. The highest BCUT2D eigenvalue weighted by atomic mass is 127. The summed E-state index contributed by atoms with van der Waals surface area (Å²) in [7, 11) is 2.23. The summed E-state index contributed by atoms with van der Waals surface area (Å²) >= 11 is 0. The quantitative estimate of drug-likeness (QED) is 0.229. The van der Waals surface area contributed by atoms with Crippen LogP contribution in [0.4, 0.5) is 0 Å². The molecule has 6 nitrogen and oxygen atoms in total. The van der Waals surface area contributed by atoms with Gasteiger partial charge in [0.25, 0.3) is 0 Å². The van der Waals surface area contributed by atoms with Crippen LogP contribution in [-0.4, -0.2) is 92.1 Å². The molecule has 176 valence electrons. The molecule has 1 aromatic carbocycles. The number of likely N-dealkylation sites (N-methyl/N-ethyl adjacent to an activating group) is 1. The fraction of sp³-hybridized carbons (Fsp3) is 0.708. The Morgan fingerprint density at radius 3 is 2.71 bits per heavy atom. The van der Waals surface area contributed by atoms with Gasteiger partial charge < -0.3 is 20.4 Å². The van der Waals surface area contributed by atoms with Gasteiger partial charge in [0.05, 0.1) is 0 Å². The second-order valence-electron chi connectivity index (χ2n) is 8.95. The van der Waals surface area contributed by atoms with Gasteiger partial charge in [0.1, 0.15) is 0 Å². The maximum Gasteiger partial charge on any atom is 0.191 e. The number of hydrogen-bond donors (Lipinski definition) is 2. The summed E-state index contributed by atoms with van der Waals surface area (Å²) in [4.78, 5) is 12.5. The number of halogens is 1. The lowest BCUT2D eigenvalue weighted by Crippen LogP contribution is -2.44. The molecule has 0 radical (unpaired) electrons. The van der Waals surface area contributed by atoms with Crippen LogP contribution < -0.4 is 10.6 Å². The molecule has 2 aliphatic heterocycles. The van der Waals surface area contributed by atoms with Crippen molar-refractivity contribution in [1.82, 2.24) is 25.3 Å². The molecule has 1 aromatic rings. The van der Waals surface area contributed by atoms with E-state index in [1.165, 1.54) is 44.6 Å². The Labute approximate surface area is 206 Å². The van der Waals surface area contributed by atoms with Crippen LogP contribution in [0.1, 0.15) is 38.7 Å². The van der Waals surface area contributed by atoms with Crippen LogP contribution in [0.5, 0.6) is 0 Å². The molecule has 0 aliphatic carbocycles. The Morgan fingerprint density at radius 1 is 1.13 bits per heavy atom. The van der Waals surface area contributed by atoms with E-state index in [4.69, 9.17) is 4.99 Å². The van der Waals surface area contributed by atoms with Crippen LogP contribution in [0, 0.1) is 0 Å². The maximum absolute atomic E-state index is 4.87. The Morgan fingerprint density at radius 2 is 1.94 bits per heavy atom. The standard InChI is InChI=1S/C24H42N6.HI/c1-4-25-24(26-12-8-14-29-15-9-13-28(3)16-17-29)27-23-18-21(2)30(20-23)19-22-10-6-5-7-11-22;/h5-7,10-11,21,23H,4,8-9,12-20H2,1-3H3,(H2,25,26,27);1H. The minimum absolute atomic E-state index is 0. The topological polar surface area (TPSA) is 46.1 Å². The Bertz CT molecular complexity index is 640. The fourth-order valence-electron chi connectivity index (χ4n) is 4.56. The van der Waals surface area contributed by atoms with E-state index in [2.05, 4.69) is 76.6 Å². The first-order valence-corrected chi connectivity index (χ1v) is 11.9. The zero-order chi connectivity index (χ0) is 21.2. The van der Waals surface area contributed by atoms with Crippen molar-refractivity contribution < 1.29 is 0 Å². The van der Waals surface area contributed by atoms with E-state index in [1.54, 1.807) is 0 Å². The number of rotatable bonds is 8. The summed E-state index contributed by atoms with van der Waals surface area (Å²) in [6.45, 7) is 14.4. The molecule has 2 aliphatic rings. The third-order valence-corrected chi connectivity index (χ3v) is 6.33. The normalized spacial score (nSPS) is 23.9. The minimum atomic E-state index is 0. The van der Waals surface area contributed by atoms with Crippen molar-refractivity contribution >= 4 is 29.9 Å². The molecule has 7 heteroatoms. The van der Waals surface area contributed by atoms with E-state index in [1.807, 2.05) is 0 Å². The average molecular weight is 543 g/mol. The largest absolute Gasteiger partial charge is 0.357 e. The highest BCUT2D eigenvalue weighted by molar-refractivity contribution is 14.0. The lowest BCUT2D eigenvalue weighted by Gasteiger charge is -2.21. The van der Waals surface area contributed by atoms with Gasteiger partial charge in [0, 0.05) is 51.4 Å². The second kappa shape index (κ2) is 14.3. The van der Waals surface area contributed by atoms with Crippen LogP contribution in [0.3, 0.4) is 0 Å². The smallest absolute Gasteiger partial charge is 0.191 e. The van der Waals surface area contributed by atoms with Gasteiger partial charge in [-0.15, -0.1) is 24.0 Å². The highest BCUT2D eigenvalue weighted by Crippen LogP contribution is 2.20. The van der Waals surface area contributed by atoms with E-state index in [0.29, 0.717) is 12.1 Å². The van der Waals surface area contributed by atoms with E-state index in [0.717, 1.165) is 45.1 Å². The number of nitrogens with one attached hydrogen (secondary N) is 2. The zero-order valence-corrected chi connectivity index (χ0v) is 22.1. The molecule has 0 saturated carbocycles. The van der Waals surface area contributed by atoms with Crippen LogP contribution in [-0.2, 0) is 6.54 Å². The first-order valence-electron chi connectivity index (χ1n) is 11.9. The second-order valence-corrected chi connectivity index (χ2v) is 8.95. The average Bonchev–Trinajstić information content (AvgIpc) is 2.94. The van der Waals surface area contributed by atoms with Gasteiger partial charge in [0.2, 0.25) is 0 Å². The molecule has 2 saturated heterocycles. The first-order chi connectivity index (χ1) is 14.6. The first kappa shape index (κ1) is 26.4. The maximum atomic E-state index is 4.87. The van der Waals surface area contributed by atoms with Gasteiger partial charge in [0.15, 0.2) is 5.96 Å². The summed E-state index contributed by atoms with van der Waals surface area (Å²) in [6, 6.07) is 11.8. The number of guanidine groups is 1. The molecule has 0 amide bonds. The van der Waals surface area contributed by atoms with Crippen molar-refractivity contribution in [2.45, 2.75) is 51.7 Å². The predicted octanol–water partition coefficient (Wildman–Crippen LogP) is 2.85. The van der Waals surface area contributed by atoms with E-state index < -0.39 is 0 Å². The van der Waals surface area contributed by atoms with Gasteiger partial charge >= 0.3 is 0 Å². The van der Waals surface area contributed by atoms with Crippen molar-refractivity contribution in [2.24, 2.45) is 4.99 Å². The van der Waals surface area contributed by atoms with Crippen LogP contribution in [0.15, 0.2) is 35.3 Å². The molecule has 0 spiro atoms. The fourth-order valence-corrected chi connectivity index (χ4v) is 4.56.